The summed E-state index contributed by atoms with van der Waals surface area (Å²) in [5.74, 6) is -0.201. The molecule has 1 unspecified atom stereocenters. The van der Waals surface area contributed by atoms with E-state index >= 15 is 0 Å². The smallest absolute Gasteiger partial charge is 0.339 e. The highest BCUT2D eigenvalue weighted by Crippen LogP contribution is 2.35. The molecule has 1 heterocycles. The summed E-state index contributed by atoms with van der Waals surface area (Å²) >= 11 is 0. The van der Waals surface area contributed by atoms with E-state index in [1.54, 1.807) is 0 Å². The van der Waals surface area contributed by atoms with Crippen molar-refractivity contribution in [1.82, 2.24) is 0 Å². The molecule has 0 spiro atoms. The van der Waals surface area contributed by atoms with E-state index in [2.05, 4.69) is 18.2 Å². The number of carbonyl (C=O) groups excluding carboxylic acids is 1. The van der Waals surface area contributed by atoms with Crippen LogP contribution in [0.2, 0.25) is 0 Å². The summed E-state index contributed by atoms with van der Waals surface area (Å²) in [5, 5.41) is 0. The number of esters is 1. The molecule has 0 N–H and O–H groups in total. The van der Waals surface area contributed by atoms with Crippen LogP contribution in [0.3, 0.4) is 0 Å². The summed E-state index contributed by atoms with van der Waals surface area (Å²) < 4.78 is 5.27. The summed E-state index contributed by atoms with van der Waals surface area (Å²) in [5.41, 5.74) is 4.10. The fraction of sp³-hybridized carbons (Fsp3) is 0.188. The van der Waals surface area contributed by atoms with Gasteiger partial charge in [0.25, 0.3) is 0 Å². The van der Waals surface area contributed by atoms with Crippen LogP contribution in [0.25, 0.3) is 6.08 Å². The summed E-state index contributed by atoms with van der Waals surface area (Å²) in [7, 11) is 0. The van der Waals surface area contributed by atoms with E-state index in [0.717, 1.165) is 23.1 Å². The van der Waals surface area contributed by atoms with Gasteiger partial charge in [-0.3, -0.25) is 0 Å². The molecule has 2 heteroatoms. The highest BCUT2D eigenvalue weighted by atomic mass is 16.5. The number of carbonyl (C=O) groups is 1. The molecule has 0 saturated carbocycles. The van der Waals surface area contributed by atoms with E-state index in [9.17, 15) is 4.79 Å². The lowest BCUT2D eigenvalue weighted by atomic mass is 9.89. The normalized spacial score (nSPS) is 24.4. The van der Waals surface area contributed by atoms with Gasteiger partial charge in [-0.1, -0.05) is 48.6 Å². The fourth-order valence-electron chi connectivity index (χ4n) is 2.50. The average Bonchev–Trinajstić information content (AvgIpc) is 2.67. The maximum absolute atomic E-state index is 11.7. The van der Waals surface area contributed by atoms with Gasteiger partial charge in [-0.25, -0.2) is 4.79 Å². The molecule has 1 aliphatic carbocycles. The Morgan fingerprint density at radius 1 is 1.28 bits per heavy atom. The van der Waals surface area contributed by atoms with Gasteiger partial charge in [0, 0.05) is 5.57 Å². The molecule has 0 saturated heterocycles. The second kappa shape index (κ2) is 4.30. The van der Waals surface area contributed by atoms with Gasteiger partial charge in [0.2, 0.25) is 0 Å². The zero-order chi connectivity index (χ0) is 12.5. The van der Waals surface area contributed by atoms with Crippen LogP contribution in [0.15, 0.2) is 59.2 Å². The Kier molecular flexibility index (Phi) is 2.63. The Balaban J connectivity index is 2.04. The predicted octanol–water partition coefficient (Wildman–Crippen LogP) is 3.27. The number of hydrogen-bond acceptors (Lipinski definition) is 2. The maximum atomic E-state index is 11.7. The van der Waals surface area contributed by atoms with E-state index in [-0.39, 0.29) is 12.1 Å². The predicted molar refractivity (Wildman–Crippen MR) is 70.8 cm³/mol. The molecule has 0 aromatic heterocycles. The van der Waals surface area contributed by atoms with E-state index in [1.165, 1.54) is 5.57 Å². The second-order valence-corrected chi connectivity index (χ2v) is 4.56. The van der Waals surface area contributed by atoms with Gasteiger partial charge in [0.05, 0.1) is 5.57 Å². The quantitative estimate of drug-likeness (QED) is 0.702. The molecule has 1 aromatic rings. The van der Waals surface area contributed by atoms with E-state index in [1.807, 2.05) is 37.3 Å². The minimum absolute atomic E-state index is 0.132. The third-order valence-corrected chi connectivity index (χ3v) is 3.31. The van der Waals surface area contributed by atoms with Crippen molar-refractivity contribution < 1.29 is 9.53 Å². The Labute approximate surface area is 106 Å². The van der Waals surface area contributed by atoms with Crippen LogP contribution < -0.4 is 0 Å². The van der Waals surface area contributed by atoms with Gasteiger partial charge in [-0.15, -0.1) is 0 Å². The molecule has 2 aliphatic rings. The maximum Gasteiger partial charge on any atom is 0.339 e. The van der Waals surface area contributed by atoms with Crippen LogP contribution in [-0.4, -0.2) is 12.1 Å². The van der Waals surface area contributed by atoms with E-state index < -0.39 is 0 Å². The molecule has 90 valence electrons. The summed E-state index contributed by atoms with van der Waals surface area (Å²) in [4.78, 5) is 11.7. The fourth-order valence-corrected chi connectivity index (χ4v) is 2.50. The lowest BCUT2D eigenvalue weighted by Gasteiger charge is -2.14. The molecule has 1 aromatic carbocycles. The van der Waals surface area contributed by atoms with Gasteiger partial charge < -0.3 is 4.74 Å². The molecule has 0 amide bonds. The lowest BCUT2D eigenvalue weighted by molar-refractivity contribution is -0.138. The highest BCUT2D eigenvalue weighted by Gasteiger charge is 2.32. The molecule has 1 aliphatic heterocycles. The van der Waals surface area contributed by atoms with Crippen LogP contribution in [0.4, 0.5) is 0 Å². The monoisotopic (exact) mass is 238 g/mol. The van der Waals surface area contributed by atoms with Crippen molar-refractivity contribution in [3.63, 3.8) is 0 Å². The minimum atomic E-state index is -0.201. The van der Waals surface area contributed by atoms with Gasteiger partial charge in [0.1, 0.15) is 6.10 Å². The summed E-state index contributed by atoms with van der Waals surface area (Å²) in [6.45, 7) is 1.93. The number of rotatable bonds is 1. The van der Waals surface area contributed by atoms with Crippen LogP contribution in [-0.2, 0) is 9.53 Å². The van der Waals surface area contributed by atoms with Crippen LogP contribution in [0.5, 0.6) is 0 Å². The standard InChI is InChI=1S/C16H14O2/c1-11-15-13(10-12-6-3-2-4-7-12)8-5-9-14(15)16(17)18-11/h2-7,9-11H,8H2,1H3. The average molecular weight is 238 g/mol. The Morgan fingerprint density at radius 2 is 2.06 bits per heavy atom. The van der Waals surface area contributed by atoms with Crippen molar-refractivity contribution in [3.8, 4) is 0 Å². The van der Waals surface area contributed by atoms with Crippen molar-refractivity contribution in [2.45, 2.75) is 19.4 Å². The number of hydrogen-bond donors (Lipinski definition) is 0. The topological polar surface area (TPSA) is 26.3 Å². The molecular formula is C16H14O2. The first-order valence-corrected chi connectivity index (χ1v) is 6.13. The van der Waals surface area contributed by atoms with Gasteiger partial charge in [-0.2, -0.15) is 0 Å². The Morgan fingerprint density at radius 3 is 2.83 bits per heavy atom. The summed E-state index contributed by atoms with van der Waals surface area (Å²) in [6, 6.07) is 10.2. The second-order valence-electron chi connectivity index (χ2n) is 4.56. The van der Waals surface area contributed by atoms with Gasteiger partial charge in [0.15, 0.2) is 0 Å². The minimum Gasteiger partial charge on any atom is -0.454 e. The van der Waals surface area contributed by atoms with E-state index in [0.29, 0.717) is 0 Å². The van der Waals surface area contributed by atoms with Crippen molar-refractivity contribution in [2.24, 2.45) is 0 Å². The van der Waals surface area contributed by atoms with Crippen molar-refractivity contribution in [1.29, 1.82) is 0 Å². The van der Waals surface area contributed by atoms with Gasteiger partial charge >= 0.3 is 5.97 Å². The third-order valence-electron chi connectivity index (χ3n) is 3.31. The van der Waals surface area contributed by atoms with Crippen molar-refractivity contribution in [3.05, 3.63) is 64.8 Å². The van der Waals surface area contributed by atoms with Crippen LogP contribution in [0.1, 0.15) is 18.9 Å². The van der Waals surface area contributed by atoms with Crippen LogP contribution in [0, 0.1) is 0 Å². The molecule has 0 bridgehead atoms. The zero-order valence-electron chi connectivity index (χ0n) is 10.2. The highest BCUT2D eigenvalue weighted by molar-refractivity contribution is 5.97. The van der Waals surface area contributed by atoms with Crippen molar-refractivity contribution >= 4 is 12.0 Å². The third kappa shape index (κ3) is 1.80. The molecule has 2 nitrogen and oxygen atoms in total. The first-order chi connectivity index (χ1) is 8.75. The number of benzene rings is 1. The van der Waals surface area contributed by atoms with Crippen LogP contribution >= 0.6 is 0 Å². The molecule has 3 rings (SSSR count). The Hall–Kier alpha value is -2.09. The number of ether oxygens (including phenoxy) is 1. The first-order valence-electron chi connectivity index (χ1n) is 6.13. The van der Waals surface area contributed by atoms with Gasteiger partial charge in [-0.05, 0) is 24.5 Å². The lowest BCUT2D eigenvalue weighted by Crippen LogP contribution is -2.07. The number of allylic oxidation sites excluding steroid dienone is 1. The number of cyclic esters (lactones) is 1. The van der Waals surface area contributed by atoms with Crippen molar-refractivity contribution in [2.75, 3.05) is 0 Å². The summed E-state index contributed by atoms with van der Waals surface area (Å²) in [6.07, 6.45) is 6.76. The van der Waals surface area contributed by atoms with E-state index in [4.69, 9.17) is 4.74 Å². The molecular weight excluding hydrogens is 224 g/mol. The first kappa shape index (κ1) is 11.0. The molecule has 0 fully saturated rings. The molecule has 1 atom stereocenters. The SMILES string of the molecule is CC1OC(=O)C2=C1C(=Cc1ccccc1)CC=C2. The molecule has 0 radical (unpaired) electrons. The largest absolute Gasteiger partial charge is 0.454 e. The Bertz CT molecular complexity index is 576. The zero-order valence-corrected chi connectivity index (χ0v) is 10.2. The molecule has 18 heavy (non-hydrogen) atoms.